The van der Waals surface area contributed by atoms with Crippen LogP contribution in [0.1, 0.15) is 67.2 Å². The fourth-order valence-electron chi connectivity index (χ4n) is 9.09. The number of carbonyl (C=O) groups excluding carboxylic acids is 1. The van der Waals surface area contributed by atoms with Crippen molar-refractivity contribution >= 4 is 11.9 Å². The summed E-state index contributed by atoms with van der Waals surface area (Å²) in [5.74, 6) is 0.791. The summed E-state index contributed by atoms with van der Waals surface area (Å²) in [6.45, 7) is 0. The molecule has 0 radical (unpaired) electrons. The highest BCUT2D eigenvalue weighted by Crippen LogP contribution is 2.65. The van der Waals surface area contributed by atoms with Crippen LogP contribution in [-0.4, -0.2) is 16.7 Å². The predicted molar refractivity (Wildman–Crippen MR) is 132 cm³/mol. The van der Waals surface area contributed by atoms with E-state index < -0.39 is 34.6 Å². The van der Waals surface area contributed by atoms with Gasteiger partial charge < -0.3 is 4.90 Å². The Morgan fingerprint density at radius 1 is 0.944 bits per heavy atom. The third-order valence-electron chi connectivity index (χ3n) is 9.98. The first-order chi connectivity index (χ1) is 17.5. The lowest BCUT2D eigenvalue weighted by Gasteiger charge is -2.57. The largest absolute Gasteiger partial charge is 0.357 e. The van der Waals surface area contributed by atoms with Crippen molar-refractivity contribution in [3.8, 4) is 12.1 Å². The molecule has 0 aromatic heterocycles. The van der Waals surface area contributed by atoms with E-state index in [0.717, 1.165) is 30.4 Å². The second-order valence-electron chi connectivity index (χ2n) is 11.9. The lowest BCUT2D eigenvalue weighted by Crippen LogP contribution is -2.55. The molecule has 3 atom stereocenters. The van der Waals surface area contributed by atoms with Gasteiger partial charge in [-0.15, -0.1) is 0 Å². The molecule has 0 N–H and O–H groups in total. The molecule has 0 amide bonds. The van der Waals surface area contributed by atoms with Crippen LogP contribution < -0.4 is 0 Å². The normalized spacial score (nSPS) is 36.6. The Morgan fingerprint density at radius 2 is 1.61 bits per heavy atom. The van der Waals surface area contributed by atoms with Gasteiger partial charge in [0.2, 0.25) is 0 Å². The lowest BCUT2D eigenvalue weighted by atomic mass is 9.47. The van der Waals surface area contributed by atoms with E-state index in [1.807, 2.05) is 41.4 Å². The number of fused-ring (bicyclic) bond motifs is 3. The number of hydrogen-bond acceptors (Lipinski definition) is 4. The number of nitrogens with zero attached hydrogens (tertiary/aromatic N) is 3. The summed E-state index contributed by atoms with van der Waals surface area (Å²) >= 11 is 0. The quantitative estimate of drug-likeness (QED) is 0.533. The monoisotopic (exact) mass is 477 g/mol. The number of hydrogen-bond donors (Lipinski definition) is 0. The number of halogens is 1. The van der Waals surface area contributed by atoms with Crippen LogP contribution >= 0.6 is 0 Å². The van der Waals surface area contributed by atoms with E-state index in [1.165, 1.54) is 31.4 Å². The zero-order valence-electron chi connectivity index (χ0n) is 20.1. The molecular formula is C31H28FN3O. The van der Waals surface area contributed by atoms with Crippen LogP contribution in [0.4, 0.5) is 4.39 Å². The summed E-state index contributed by atoms with van der Waals surface area (Å²) in [4.78, 5) is 16.9. The van der Waals surface area contributed by atoms with E-state index >= 15 is 0 Å². The van der Waals surface area contributed by atoms with Gasteiger partial charge in [-0.05, 0) is 91.2 Å². The third kappa shape index (κ3) is 2.81. The number of nitriles is 2. The SMILES string of the molecule is N#CC1(C#N)C(c2cccc(F)c2)C(C(=O)C23CC4CC(CC(C4)C2)C3)N2C=Cc3ccccc3C21. The number of ketones is 1. The van der Waals surface area contributed by atoms with Gasteiger partial charge in [-0.3, -0.25) is 4.79 Å². The van der Waals surface area contributed by atoms with Gasteiger partial charge in [-0.25, -0.2) is 4.39 Å². The van der Waals surface area contributed by atoms with Gasteiger partial charge in [0.25, 0.3) is 0 Å². The Balaban J connectivity index is 1.44. The van der Waals surface area contributed by atoms with Crippen molar-refractivity contribution in [3.05, 3.63) is 77.2 Å². The molecule has 180 valence electrons. The van der Waals surface area contributed by atoms with Crippen molar-refractivity contribution in [3.63, 3.8) is 0 Å². The van der Waals surface area contributed by atoms with Gasteiger partial charge in [0.15, 0.2) is 11.2 Å². The van der Waals surface area contributed by atoms with Crippen LogP contribution in [0.5, 0.6) is 0 Å². The molecule has 1 saturated heterocycles. The van der Waals surface area contributed by atoms with E-state index in [-0.39, 0.29) is 5.78 Å². The molecule has 5 heteroatoms. The van der Waals surface area contributed by atoms with Crippen LogP contribution in [-0.2, 0) is 4.79 Å². The fraction of sp³-hybridized carbons (Fsp3) is 0.452. The standard InChI is InChI=1S/C31H28FN3O/c32-24-6-3-5-23(13-24)26-27(29(36)30-14-19-10-20(15-30)12-21(11-19)16-30)35-9-8-22-4-1-2-7-25(22)28(35)31(26,17-33)18-34/h1-9,13,19-21,26-28H,10-12,14-16H2. The minimum atomic E-state index is -1.53. The first-order valence-corrected chi connectivity index (χ1v) is 13.1. The van der Waals surface area contributed by atoms with Crippen molar-refractivity contribution in [1.29, 1.82) is 10.5 Å². The van der Waals surface area contributed by atoms with Gasteiger partial charge >= 0.3 is 0 Å². The molecule has 4 aliphatic carbocycles. The lowest BCUT2D eigenvalue weighted by molar-refractivity contribution is -0.148. The summed E-state index contributed by atoms with van der Waals surface area (Å²) in [6.07, 6.45) is 10.3. The highest BCUT2D eigenvalue weighted by atomic mass is 19.1. The fourth-order valence-corrected chi connectivity index (χ4v) is 9.09. The second kappa shape index (κ2) is 7.53. The molecule has 2 aliphatic heterocycles. The highest BCUT2D eigenvalue weighted by Gasteiger charge is 2.67. The molecule has 0 spiro atoms. The summed E-state index contributed by atoms with van der Waals surface area (Å²) < 4.78 is 14.6. The van der Waals surface area contributed by atoms with E-state index in [9.17, 15) is 19.7 Å². The molecule has 2 aromatic rings. The number of carbonyl (C=O) groups is 1. The summed E-state index contributed by atoms with van der Waals surface area (Å²) in [7, 11) is 0. The Hall–Kier alpha value is -3.44. The van der Waals surface area contributed by atoms with Crippen molar-refractivity contribution < 1.29 is 9.18 Å². The Kier molecular flexibility index (Phi) is 4.56. The van der Waals surface area contributed by atoms with Crippen molar-refractivity contribution in [2.24, 2.45) is 28.6 Å². The molecule has 3 unspecified atom stereocenters. The number of rotatable bonds is 3. The zero-order valence-corrected chi connectivity index (χ0v) is 20.1. The number of benzene rings is 2. The van der Waals surface area contributed by atoms with Crippen LogP contribution in [0.3, 0.4) is 0 Å². The Labute approximate surface area is 211 Å². The second-order valence-corrected chi connectivity index (χ2v) is 11.9. The van der Waals surface area contributed by atoms with Crippen LogP contribution in [0, 0.1) is 57.1 Å². The first kappa shape index (κ1) is 21.8. The maximum atomic E-state index is 14.9. The minimum Gasteiger partial charge on any atom is -0.357 e. The Bertz CT molecular complexity index is 1330. The van der Waals surface area contributed by atoms with Crippen molar-refractivity contribution in [2.45, 2.75) is 56.5 Å². The van der Waals surface area contributed by atoms with Crippen molar-refractivity contribution in [2.75, 3.05) is 0 Å². The van der Waals surface area contributed by atoms with Crippen LogP contribution in [0.15, 0.2) is 54.7 Å². The maximum absolute atomic E-state index is 14.9. The number of Topliss-reactive ketones (excluding diaryl/α,β-unsaturated/α-hetero) is 1. The molecule has 4 bridgehead atoms. The molecule has 4 saturated carbocycles. The zero-order chi connectivity index (χ0) is 24.7. The summed E-state index contributed by atoms with van der Waals surface area (Å²) in [5.41, 5.74) is 0.458. The molecule has 36 heavy (non-hydrogen) atoms. The molecule has 5 fully saturated rings. The van der Waals surface area contributed by atoms with Crippen molar-refractivity contribution in [1.82, 2.24) is 4.90 Å². The average molecular weight is 478 g/mol. The third-order valence-corrected chi connectivity index (χ3v) is 9.98. The maximum Gasteiger partial charge on any atom is 0.177 e. The highest BCUT2D eigenvalue weighted by molar-refractivity contribution is 5.92. The van der Waals surface area contributed by atoms with E-state index in [4.69, 9.17) is 0 Å². The topological polar surface area (TPSA) is 67.9 Å². The molecule has 8 rings (SSSR count). The van der Waals surface area contributed by atoms with E-state index in [2.05, 4.69) is 12.1 Å². The summed E-state index contributed by atoms with van der Waals surface area (Å²) in [6, 6.07) is 17.5. The van der Waals surface area contributed by atoms with Gasteiger partial charge in [0.05, 0.1) is 24.2 Å². The molecule has 4 nitrogen and oxygen atoms in total. The van der Waals surface area contributed by atoms with E-state index in [0.29, 0.717) is 23.3 Å². The van der Waals surface area contributed by atoms with Gasteiger partial charge in [-0.2, -0.15) is 10.5 Å². The van der Waals surface area contributed by atoms with Crippen LogP contribution in [0.2, 0.25) is 0 Å². The smallest absolute Gasteiger partial charge is 0.177 e. The molecule has 6 aliphatic rings. The predicted octanol–water partition coefficient (Wildman–Crippen LogP) is 6.14. The minimum absolute atomic E-state index is 0.164. The van der Waals surface area contributed by atoms with Gasteiger partial charge in [-0.1, -0.05) is 36.4 Å². The average Bonchev–Trinajstić information content (AvgIpc) is 3.18. The first-order valence-electron chi connectivity index (χ1n) is 13.1. The van der Waals surface area contributed by atoms with E-state index in [1.54, 1.807) is 12.1 Å². The molecular weight excluding hydrogens is 449 g/mol. The van der Waals surface area contributed by atoms with Gasteiger partial charge in [0, 0.05) is 17.5 Å². The van der Waals surface area contributed by atoms with Gasteiger partial charge in [0.1, 0.15) is 5.82 Å². The molecule has 2 heterocycles. The Morgan fingerprint density at radius 3 is 2.25 bits per heavy atom. The van der Waals surface area contributed by atoms with Crippen LogP contribution in [0.25, 0.3) is 6.08 Å². The molecule has 2 aromatic carbocycles. The summed E-state index contributed by atoms with van der Waals surface area (Å²) in [5, 5.41) is 21.4.